The van der Waals surface area contributed by atoms with Gasteiger partial charge in [0.15, 0.2) is 0 Å². The summed E-state index contributed by atoms with van der Waals surface area (Å²) in [6.07, 6.45) is 1.31. The van der Waals surface area contributed by atoms with Gasteiger partial charge in [-0.15, -0.1) is 0 Å². The molecule has 142 valence electrons. The van der Waals surface area contributed by atoms with Crippen molar-refractivity contribution in [3.63, 3.8) is 0 Å². The maximum atomic E-state index is 12.6. The van der Waals surface area contributed by atoms with Gasteiger partial charge < -0.3 is 14.6 Å². The number of rotatable bonds is 2. The van der Waals surface area contributed by atoms with E-state index in [1.807, 2.05) is 31.2 Å². The van der Waals surface area contributed by atoms with Crippen LogP contribution in [-0.2, 0) is 0 Å². The van der Waals surface area contributed by atoms with E-state index in [0.29, 0.717) is 35.0 Å². The van der Waals surface area contributed by atoms with Crippen molar-refractivity contribution in [2.45, 2.75) is 38.5 Å². The summed E-state index contributed by atoms with van der Waals surface area (Å²) in [4.78, 5) is 12.6. The molecule has 28 heavy (non-hydrogen) atoms. The van der Waals surface area contributed by atoms with Gasteiger partial charge in [0.1, 0.15) is 17.2 Å². The minimum absolute atomic E-state index is 0.310. The molecule has 0 saturated heterocycles. The second-order valence-corrected chi connectivity index (χ2v) is 8.02. The molecule has 0 heterocycles. The molecule has 0 radical (unpaired) electrons. The summed E-state index contributed by atoms with van der Waals surface area (Å²) in [6.45, 7) is 4.21. The van der Waals surface area contributed by atoms with Crippen molar-refractivity contribution in [2.75, 3.05) is 0 Å². The number of phenolic OH excluding ortho intramolecular Hbond substituents is 1. The van der Waals surface area contributed by atoms with E-state index in [-0.39, 0.29) is 0 Å². The number of aromatic hydroxyl groups is 1. The molecule has 3 aromatic rings. The molecule has 3 aromatic carbocycles. The first-order valence-electron chi connectivity index (χ1n) is 9.77. The number of hydrogen-bond donors (Lipinski definition) is 1. The lowest BCUT2D eigenvalue weighted by Crippen LogP contribution is -2.17. The number of ether oxygens (including phenoxy) is 2. The minimum atomic E-state index is -0.750. The maximum Gasteiger partial charge on any atom is 0.519 e. The SMILES string of the molecule is Cc1cccc2c(O)c3c(c(OC(=O)Oc4ccccc4)c12)C1CC(C)C3C1. The molecule has 2 aliphatic rings. The fourth-order valence-corrected chi connectivity index (χ4v) is 5.16. The van der Waals surface area contributed by atoms with Crippen LogP contribution >= 0.6 is 0 Å². The van der Waals surface area contributed by atoms with E-state index in [1.165, 1.54) is 0 Å². The number of carbonyl (C=O) groups excluding carboxylic acids is 1. The summed E-state index contributed by atoms with van der Waals surface area (Å²) >= 11 is 0. The molecule has 2 bridgehead atoms. The van der Waals surface area contributed by atoms with Crippen LogP contribution in [0.2, 0.25) is 0 Å². The highest BCUT2D eigenvalue weighted by atomic mass is 16.7. The van der Waals surface area contributed by atoms with Crippen molar-refractivity contribution in [3.05, 3.63) is 65.2 Å². The quantitative estimate of drug-likeness (QED) is 0.439. The zero-order chi connectivity index (χ0) is 19.4. The Morgan fingerprint density at radius 1 is 1.00 bits per heavy atom. The van der Waals surface area contributed by atoms with E-state index in [4.69, 9.17) is 9.47 Å². The Balaban J connectivity index is 1.65. The Hall–Kier alpha value is -3.01. The smallest absolute Gasteiger partial charge is 0.507 e. The van der Waals surface area contributed by atoms with Crippen molar-refractivity contribution in [1.29, 1.82) is 0 Å². The number of para-hydroxylation sites is 1. The molecule has 3 atom stereocenters. The Kier molecular flexibility index (Phi) is 3.83. The summed E-state index contributed by atoms with van der Waals surface area (Å²) in [7, 11) is 0. The van der Waals surface area contributed by atoms with Gasteiger partial charge in [0, 0.05) is 21.9 Å². The number of carbonyl (C=O) groups is 1. The Bertz CT molecular complexity index is 1090. The second kappa shape index (κ2) is 6.26. The molecule has 1 fully saturated rings. The van der Waals surface area contributed by atoms with Crippen molar-refractivity contribution >= 4 is 16.9 Å². The molecule has 5 rings (SSSR count). The second-order valence-electron chi connectivity index (χ2n) is 8.02. The summed E-state index contributed by atoms with van der Waals surface area (Å²) in [5.74, 6) is 2.49. The first-order valence-corrected chi connectivity index (χ1v) is 9.77. The van der Waals surface area contributed by atoms with Gasteiger partial charge in [-0.3, -0.25) is 0 Å². The highest BCUT2D eigenvalue weighted by Gasteiger charge is 2.46. The Morgan fingerprint density at radius 3 is 2.57 bits per heavy atom. The van der Waals surface area contributed by atoms with E-state index >= 15 is 0 Å². The molecule has 4 nitrogen and oxygen atoms in total. The lowest BCUT2D eigenvalue weighted by Gasteiger charge is -2.26. The van der Waals surface area contributed by atoms with Gasteiger partial charge in [0.05, 0.1) is 0 Å². The molecule has 0 amide bonds. The molecule has 0 aliphatic heterocycles. The molecular formula is C24H22O4. The average molecular weight is 374 g/mol. The van der Waals surface area contributed by atoms with Gasteiger partial charge in [-0.05, 0) is 55.2 Å². The summed E-state index contributed by atoms with van der Waals surface area (Å²) in [6, 6.07) is 14.7. The third kappa shape index (κ3) is 2.48. The average Bonchev–Trinajstić information content (AvgIpc) is 3.23. The first-order chi connectivity index (χ1) is 13.5. The molecule has 3 unspecified atom stereocenters. The van der Waals surface area contributed by atoms with Crippen molar-refractivity contribution in [3.8, 4) is 17.2 Å². The largest absolute Gasteiger partial charge is 0.519 e. The fraction of sp³-hybridized carbons (Fsp3) is 0.292. The Labute approximate surface area is 163 Å². The van der Waals surface area contributed by atoms with Crippen LogP contribution in [0.15, 0.2) is 48.5 Å². The highest BCUT2D eigenvalue weighted by Crippen LogP contribution is 2.63. The van der Waals surface area contributed by atoms with Gasteiger partial charge in [-0.25, -0.2) is 4.79 Å². The summed E-state index contributed by atoms with van der Waals surface area (Å²) < 4.78 is 11.2. The minimum Gasteiger partial charge on any atom is -0.507 e. The maximum absolute atomic E-state index is 12.6. The van der Waals surface area contributed by atoms with Crippen molar-refractivity contribution in [2.24, 2.45) is 5.92 Å². The number of hydrogen-bond acceptors (Lipinski definition) is 4. The van der Waals surface area contributed by atoms with Gasteiger partial charge in [0.25, 0.3) is 0 Å². The van der Waals surface area contributed by atoms with Crippen molar-refractivity contribution in [1.82, 2.24) is 0 Å². The van der Waals surface area contributed by atoms with Gasteiger partial charge >= 0.3 is 6.16 Å². The van der Waals surface area contributed by atoms with Crippen LogP contribution in [0.3, 0.4) is 0 Å². The van der Waals surface area contributed by atoms with E-state index in [2.05, 4.69) is 6.92 Å². The predicted octanol–water partition coefficient (Wildman–Crippen LogP) is 6.04. The highest BCUT2D eigenvalue weighted by molar-refractivity contribution is 6.00. The van der Waals surface area contributed by atoms with Gasteiger partial charge in [-0.2, -0.15) is 0 Å². The number of aryl methyl sites for hydroxylation is 1. The van der Waals surface area contributed by atoms with E-state index < -0.39 is 6.16 Å². The van der Waals surface area contributed by atoms with Crippen molar-refractivity contribution < 1.29 is 19.4 Å². The number of phenols is 1. The molecule has 0 spiro atoms. The summed E-state index contributed by atoms with van der Waals surface area (Å²) in [5, 5.41) is 12.6. The number of fused-ring (bicyclic) bond motifs is 6. The number of benzene rings is 3. The molecule has 1 saturated carbocycles. The van der Waals surface area contributed by atoms with Gasteiger partial charge in [-0.1, -0.05) is 43.3 Å². The third-order valence-corrected chi connectivity index (χ3v) is 6.34. The van der Waals surface area contributed by atoms with E-state index in [1.54, 1.807) is 24.3 Å². The van der Waals surface area contributed by atoms with E-state index in [9.17, 15) is 9.90 Å². The van der Waals surface area contributed by atoms with Crippen LogP contribution < -0.4 is 9.47 Å². The molecule has 4 heteroatoms. The van der Waals surface area contributed by atoms with Crippen LogP contribution in [0.25, 0.3) is 10.8 Å². The van der Waals surface area contributed by atoms with Crippen LogP contribution in [0.1, 0.15) is 48.3 Å². The lowest BCUT2D eigenvalue weighted by atomic mass is 9.81. The molecular weight excluding hydrogens is 352 g/mol. The zero-order valence-electron chi connectivity index (χ0n) is 15.9. The Morgan fingerprint density at radius 2 is 1.79 bits per heavy atom. The first kappa shape index (κ1) is 17.1. The lowest BCUT2D eigenvalue weighted by molar-refractivity contribution is 0.152. The van der Waals surface area contributed by atoms with Crippen LogP contribution in [0.5, 0.6) is 17.2 Å². The van der Waals surface area contributed by atoms with E-state index in [0.717, 1.165) is 40.3 Å². The molecule has 0 aromatic heterocycles. The van der Waals surface area contributed by atoms with Crippen LogP contribution in [0.4, 0.5) is 4.79 Å². The third-order valence-electron chi connectivity index (χ3n) is 6.34. The standard InChI is InChI=1S/C24H22O4/c1-13-7-6-10-17-19(13)23(28-24(26)27-16-8-4-3-5-9-16)20-15-11-14(2)18(12-15)21(20)22(17)25/h3-10,14-15,18,25H,11-12H2,1-2H3. The normalized spacial score (nSPS) is 22.3. The van der Waals surface area contributed by atoms with Crippen LogP contribution in [0, 0.1) is 12.8 Å². The fourth-order valence-electron chi connectivity index (χ4n) is 5.16. The van der Waals surface area contributed by atoms with Gasteiger partial charge in [0.2, 0.25) is 0 Å². The zero-order valence-corrected chi connectivity index (χ0v) is 15.9. The monoisotopic (exact) mass is 374 g/mol. The molecule has 2 aliphatic carbocycles. The predicted molar refractivity (Wildman–Crippen MR) is 107 cm³/mol. The molecule has 1 N–H and O–H groups in total. The topological polar surface area (TPSA) is 55.8 Å². The van der Waals surface area contributed by atoms with Crippen LogP contribution in [-0.4, -0.2) is 11.3 Å². The summed E-state index contributed by atoms with van der Waals surface area (Å²) in [5.41, 5.74) is 2.92.